The molecule has 0 spiro atoms. The minimum atomic E-state index is 0.228. The minimum Gasteiger partial charge on any atom is -0.391 e. The second kappa shape index (κ2) is 3.10. The van der Waals surface area contributed by atoms with Gasteiger partial charge in [0.1, 0.15) is 6.10 Å². The molecular weight excluding hydrogens is 138 g/mol. The van der Waals surface area contributed by atoms with Crippen LogP contribution >= 0.6 is 12.2 Å². The smallest absolute Gasteiger partial charge is 0.105 e. The van der Waals surface area contributed by atoms with E-state index in [0.29, 0.717) is 24.8 Å². The molecule has 0 unspecified atom stereocenters. The van der Waals surface area contributed by atoms with Crippen LogP contribution in [0, 0.1) is 0 Å². The zero-order chi connectivity index (χ0) is 6.69. The first-order valence-electron chi connectivity index (χ1n) is 2.76. The van der Waals surface area contributed by atoms with Gasteiger partial charge < -0.3 is 15.2 Å². The Morgan fingerprint density at radius 1 is 1.78 bits per heavy atom. The molecule has 0 bridgehead atoms. The number of thiocarbonyl (C=S) groups is 1. The molecule has 1 saturated heterocycles. The Bertz CT molecular complexity index is 114. The van der Waals surface area contributed by atoms with Gasteiger partial charge in [0.05, 0.1) is 24.8 Å². The Hall–Kier alpha value is -0.190. The fourth-order valence-electron chi connectivity index (χ4n) is 0.510. The Kier molecular flexibility index (Phi) is 2.38. The monoisotopic (exact) mass is 147 g/mol. The lowest BCUT2D eigenvalue weighted by Crippen LogP contribution is -2.38. The van der Waals surface area contributed by atoms with E-state index in [1.165, 1.54) is 0 Å². The molecule has 52 valence electrons. The van der Waals surface area contributed by atoms with Crippen molar-refractivity contribution in [2.75, 3.05) is 19.8 Å². The van der Waals surface area contributed by atoms with Gasteiger partial charge in [-0.2, -0.15) is 0 Å². The highest BCUT2D eigenvalue weighted by atomic mass is 32.1. The SMILES string of the molecule is NC(=S)COC1COC1. The second-order valence-corrected chi connectivity index (χ2v) is 2.46. The van der Waals surface area contributed by atoms with Gasteiger partial charge in [-0.05, 0) is 0 Å². The van der Waals surface area contributed by atoms with Gasteiger partial charge >= 0.3 is 0 Å². The first-order chi connectivity index (χ1) is 4.29. The third kappa shape index (κ3) is 2.26. The predicted octanol–water partition coefficient (Wildman–Crippen LogP) is -0.312. The second-order valence-electron chi connectivity index (χ2n) is 1.94. The van der Waals surface area contributed by atoms with Crippen molar-refractivity contribution in [3.05, 3.63) is 0 Å². The third-order valence-electron chi connectivity index (χ3n) is 1.07. The zero-order valence-corrected chi connectivity index (χ0v) is 5.82. The molecule has 0 aliphatic carbocycles. The van der Waals surface area contributed by atoms with Gasteiger partial charge in [-0.15, -0.1) is 0 Å². The molecule has 0 saturated carbocycles. The van der Waals surface area contributed by atoms with Crippen molar-refractivity contribution in [1.29, 1.82) is 0 Å². The zero-order valence-electron chi connectivity index (χ0n) is 5.00. The summed E-state index contributed by atoms with van der Waals surface area (Å²) in [7, 11) is 0. The highest BCUT2D eigenvalue weighted by Crippen LogP contribution is 2.03. The van der Waals surface area contributed by atoms with E-state index in [1.807, 2.05) is 0 Å². The van der Waals surface area contributed by atoms with Crippen molar-refractivity contribution in [3.63, 3.8) is 0 Å². The average Bonchev–Trinajstić information content (AvgIpc) is 1.60. The van der Waals surface area contributed by atoms with Crippen LogP contribution in [-0.4, -0.2) is 30.9 Å². The normalized spacial score (nSPS) is 19.1. The predicted molar refractivity (Wildman–Crippen MR) is 37.3 cm³/mol. The topological polar surface area (TPSA) is 44.5 Å². The van der Waals surface area contributed by atoms with Crippen LogP contribution in [0.5, 0.6) is 0 Å². The maximum atomic E-state index is 5.19. The molecule has 0 aromatic rings. The molecule has 1 aliphatic heterocycles. The Morgan fingerprint density at radius 2 is 2.44 bits per heavy atom. The Labute approximate surface area is 59.1 Å². The summed E-state index contributed by atoms with van der Waals surface area (Å²) in [5, 5.41) is 0. The van der Waals surface area contributed by atoms with E-state index in [9.17, 15) is 0 Å². The summed E-state index contributed by atoms with van der Waals surface area (Å²) in [6.45, 7) is 1.74. The van der Waals surface area contributed by atoms with E-state index in [4.69, 9.17) is 15.2 Å². The minimum absolute atomic E-state index is 0.228. The van der Waals surface area contributed by atoms with Crippen LogP contribution in [0.1, 0.15) is 0 Å². The molecule has 2 N–H and O–H groups in total. The van der Waals surface area contributed by atoms with E-state index in [1.54, 1.807) is 0 Å². The van der Waals surface area contributed by atoms with E-state index in [-0.39, 0.29) is 6.10 Å². The maximum Gasteiger partial charge on any atom is 0.105 e. The molecule has 0 atom stereocenters. The molecule has 9 heavy (non-hydrogen) atoms. The van der Waals surface area contributed by atoms with E-state index in [0.717, 1.165) is 0 Å². The molecule has 3 nitrogen and oxygen atoms in total. The molecule has 1 heterocycles. The van der Waals surface area contributed by atoms with E-state index < -0.39 is 0 Å². The van der Waals surface area contributed by atoms with Crippen LogP contribution in [0.25, 0.3) is 0 Å². The van der Waals surface area contributed by atoms with Crippen molar-refractivity contribution in [1.82, 2.24) is 0 Å². The summed E-state index contributed by atoms with van der Waals surface area (Å²) >= 11 is 4.60. The van der Waals surface area contributed by atoms with E-state index >= 15 is 0 Å². The lowest BCUT2D eigenvalue weighted by Gasteiger charge is -2.25. The van der Waals surface area contributed by atoms with Gasteiger partial charge in [0.25, 0.3) is 0 Å². The number of hydrogen-bond acceptors (Lipinski definition) is 3. The van der Waals surface area contributed by atoms with Gasteiger partial charge in [-0.3, -0.25) is 0 Å². The van der Waals surface area contributed by atoms with Crippen molar-refractivity contribution in [2.45, 2.75) is 6.10 Å². The van der Waals surface area contributed by atoms with Crippen LogP contribution in [0.2, 0.25) is 0 Å². The van der Waals surface area contributed by atoms with Gasteiger partial charge in [-0.1, -0.05) is 12.2 Å². The molecule has 1 fully saturated rings. The summed E-state index contributed by atoms with van der Waals surface area (Å²) < 4.78 is 10.0. The molecule has 1 rings (SSSR count). The lowest BCUT2D eigenvalue weighted by atomic mass is 10.3. The Balaban J connectivity index is 1.97. The summed E-state index contributed by atoms with van der Waals surface area (Å²) in [4.78, 5) is 0.405. The number of rotatable bonds is 3. The first-order valence-corrected chi connectivity index (χ1v) is 3.17. The average molecular weight is 147 g/mol. The molecule has 0 aromatic carbocycles. The van der Waals surface area contributed by atoms with Crippen molar-refractivity contribution >= 4 is 17.2 Å². The summed E-state index contributed by atoms with van der Waals surface area (Å²) in [5.74, 6) is 0. The standard InChI is InChI=1S/C5H9NO2S/c6-5(9)3-8-4-1-7-2-4/h4H,1-3H2,(H2,6,9). The maximum absolute atomic E-state index is 5.19. The van der Waals surface area contributed by atoms with Crippen LogP contribution in [0.15, 0.2) is 0 Å². The van der Waals surface area contributed by atoms with Crippen molar-refractivity contribution in [3.8, 4) is 0 Å². The lowest BCUT2D eigenvalue weighted by molar-refractivity contribution is -0.120. The first kappa shape index (κ1) is 6.92. The number of hydrogen-bond donors (Lipinski definition) is 1. The van der Waals surface area contributed by atoms with Crippen molar-refractivity contribution in [2.24, 2.45) is 5.73 Å². The summed E-state index contributed by atoms with van der Waals surface area (Å²) in [6.07, 6.45) is 0.228. The highest BCUT2D eigenvalue weighted by molar-refractivity contribution is 7.80. The van der Waals surface area contributed by atoms with Crippen LogP contribution < -0.4 is 5.73 Å². The van der Waals surface area contributed by atoms with Crippen LogP contribution in [-0.2, 0) is 9.47 Å². The molecular formula is C5H9NO2S. The fourth-order valence-corrected chi connectivity index (χ4v) is 0.578. The molecule has 0 radical (unpaired) electrons. The van der Waals surface area contributed by atoms with Crippen LogP contribution in [0.3, 0.4) is 0 Å². The largest absolute Gasteiger partial charge is 0.391 e. The van der Waals surface area contributed by atoms with Crippen molar-refractivity contribution < 1.29 is 9.47 Å². The van der Waals surface area contributed by atoms with Crippen LogP contribution in [0.4, 0.5) is 0 Å². The summed E-state index contributed by atoms with van der Waals surface area (Å²) in [6, 6.07) is 0. The van der Waals surface area contributed by atoms with E-state index in [2.05, 4.69) is 12.2 Å². The van der Waals surface area contributed by atoms with Gasteiger partial charge in [0.2, 0.25) is 0 Å². The highest BCUT2D eigenvalue weighted by Gasteiger charge is 2.18. The summed E-state index contributed by atoms with van der Waals surface area (Å²) in [5.41, 5.74) is 5.19. The van der Waals surface area contributed by atoms with Gasteiger partial charge in [-0.25, -0.2) is 0 Å². The quantitative estimate of drug-likeness (QED) is 0.556. The molecule has 0 aromatic heterocycles. The number of nitrogens with two attached hydrogens (primary N) is 1. The Morgan fingerprint density at radius 3 is 2.78 bits per heavy atom. The molecule has 0 amide bonds. The van der Waals surface area contributed by atoms with Gasteiger partial charge in [0.15, 0.2) is 0 Å². The molecule has 1 aliphatic rings. The number of ether oxygens (including phenoxy) is 2. The third-order valence-corrected chi connectivity index (χ3v) is 1.19. The fraction of sp³-hybridized carbons (Fsp3) is 0.800. The van der Waals surface area contributed by atoms with Gasteiger partial charge in [0, 0.05) is 0 Å². The molecule has 4 heteroatoms.